The summed E-state index contributed by atoms with van der Waals surface area (Å²) in [5.41, 5.74) is 1.19. The van der Waals surface area contributed by atoms with Crippen molar-refractivity contribution in [2.24, 2.45) is 0 Å². The van der Waals surface area contributed by atoms with Crippen LogP contribution < -0.4 is 5.56 Å². The van der Waals surface area contributed by atoms with E-state index < -0.39 is 0 Å². The van der Waals surface area contributed by atoms with Crippen LogP contribution in [0.2, 0.25) is 0 Å². The Bertz CT molecular complexity index is 784. The van der Waals surface area contributed by atoms with E-state index in [9.17, 15) is 9.59 Å². The van der Waals surface area contributed by atoms with E-state index in [1.165, 1.54) is 17.0 Å². The average molecular weight is 332 g/mol. The Balaban J connectivity index is 1.62. The minimum Gasteiger partial charge on any atom is -0.378 e. The van der Waals surface area contributed by atoms with Crippen LogP contribution in [0.5, 0.6) is 0 Å². The number of carbonyl (C=O) groups is 1. The van der Waals surface area contributed by atoms with Gasteiger partial charge in [-0.05, 0) is 13.3 Å². The van der Waals surface area contributed by atoms with Crippen molar-refractivity contribution in [1.82, 2.24) is 29.4 Å². The van der Waals surface area contributed by atoms with Crippen LogP contribution in [-0.2, 0) is 22.7 Å². The normalized spacial score (nSPS) is 17.4. The van der Waals surface area contributed by atoms with Gasteiger partial charge >= 0.3 is 0 Å². The van der Waals surface area contributed by atoms with Crippen molar-refractivity contribution < 1.29 is 9.53 Å². The molecule has 0 bridgehead atoms. The molecule has 0 spiro atoms. The molecule has 24 heavy (non-hydrogen) atoms. The van der Waals surface area contributed by atoms with Gasteiger partial charge in [-0.1, -0.05) is 5.21 Å². The van der Waals surface area contributed by atoms with Crippen LogP contribution >= 0.6 is 0 Å². The molecule has 1 aliphatic heterocycles. The van der Waals surface area contributed by atoms with Crippen molar-refractivity contribution >= 4 is 5.91 Å². The maximum Gasteiger partial charge on any atom is 0.253 e. The van der Waals surface area contributed by atoms with Crippen molar-refractivity contribution in [2.45, 2.75) is 32.5 Å². The number of aromatic nitrogens is 5. The Kier molecular flexibility index (Phi) is 4.70. The van der Waals surface area contributed by atoms with Crippen molar-refractivity contribution in [3.05, 3.63) is 40.3 Å². The summed E-state index contributed by atoms with van der Waals surface area (Å²) in [4.78, 5) is 30.1. The first-order valence-electron chi connectivity index (χ1n) is 7.77. The van der Waals surface area contributed by atoms with Gasteiger partial charge in [0.15, 0.2) is 0 Å². The molecule has 1 atom stereocenters. The number of nitrogens with zero attached hydrogens (tertiary/aromatic N) is 6. The molecular formula is C15H20N6O3. The van der Waals surface area contributed by atoms with Crippen LogP contribution in [0.4, 0.5) is 0 Å². The molecule has 1 saturated heterocycles. The number of amides is 1. The summed E-state index contributed by atoms with van der Waals surface area (Å²) in [6, 6.07) is 1.52. The lowest BCUT2D eigenvalue weighted by Crippen LogP contribution is -2.35. The second-order valence-corrected chi connectivity index (χ2v) is 5.90. The van der Waals surface area contributed by atoms with Crippen LogP contribution in [0.15, 0.2) is 23.4 Å². The van der Waals surface area contributed by atoms with Crippen molar-refractivity contribution in [3.63, 3.8) is 0 Å². The van der Waals surface area contributed by atoms with Gasteiger partial charge in [-0.15, -0.1) is 5.10 Å². The zero-order valence-corrected chi connectivity index (χ0v) is 13.8. The predicted octanol–water partition coefficient (Wildman–Crippen LogP) is -0.237. The molecule has 3 heterocycles. The highest BCUT2D eigenvalue weighted by Crippen LogP contribution is 2.21. The molecule has 0 unspecified atom stereocenters. The molecule has 128 valence electrons. The van der Waals surface area contributed by atoms with E-state index in [0.29, 0.717) is 25.4 Å². The van der Waals surface area contributed by atoms with Gasteiger partial charge in [-0.3, -0.25) is 14.2 Å². The Morgan fingerprint density at radius 2 is 2.29 bits per heavy atom. The molecule has 0 aliphatic carbocycles. The molecular weight excluding hydrogens is 312 g/mol. The Morgan fingerprint density at radius 3 is 3.04 bits per heavy atom. The lowest BCUT2D eigenvalue weighted by Gasteiger charge is -2.17. The van der Waals surface area contributed by atoms with Crippen LogP contribution in [0.25, 0.3) is 0 Å². The van der Waals surface area contributed by atoms with Gasteiger partial charge in [0.25, 0.3) is 5.56 Å². The quantitative estimate of drug-likeness (QED) is 0.750. The molecule has 1 amide bonds. The topological polar surface area (TPSA) is 95.1 Å². The van der Waals surface area contributed by atoms with Crippen molar-refractivity contribution in [1.29, 1.82) is 0 Å². The molecule has 1 aliphatic rings. The predicted molar refractivity (Wildman–Crippen MR) is 84.2 cm³/mol. The van der Waals surface area contributed by atoms with Gasteiger partial charge in [0.05, 0.1) is 25.2 Å². The molecule has 1 fully saturated rings. The first-order chi connectivity index (χ1) is 11.6. The minimum atomic E-state index is -0.216. The van der Waals surface area contributed by atoms with E-state index in [1.807, 2.05) is 6.20 Å². The first-order valence-corrected chi connectivity index (χ1v) is 7.77. The van der Waals surface area contributed by atoms with Gasteiger partial charge in [-0.2, -0.15) is 0 Å². The standard InChI is InChI=1S/C15H20N6O3/c1-11-5-14(22)20(10-16-11)8-15(23)19-4-3-13(7-19)21-6-12(9-24-2)17-18-21/h5-6,10,13H,3-4,7-9H2,1-2H3/t13-/m1/s1. The summed E-state index contributed by atoms with van der Waals surface area (Å²) in [7, 11) is 1.61. The monoisotopic (exact) mass is 332 g/mol. The molecule has 9 nitrogen and oxygen atoms in total. The number of methoxy groups -OCH3 is 1. The average Bonchev–Trinajstić information content (AvgIpc) is 3.19. The molecule has 2 aromatic heterocycles. The lowest BCUT2D eigenvalue weighted by atomic mass is 10.3. The molecule has 0 saturated carbocycles. The molecule has 0 radical (unpaired) electrons. The van der Waals surface area contributed by atoms with Gasteiger partial charge in [0.2, 0.25) is 5.91 Å². The third-order valence-corrected chi connectivity index (χ3v) is 4.06. The molecule has 2 aromatic rings. The third kappa shape index (κ3) is 3.51. The van der Waals surface area contributed by atoms with Gasteiger partial charge < -0.3 is 9.64 Å². The number of rotatable bonds is 5. The van der Waals surface area contributed by atoms with Crippen LogP contribution in [0, 0.1) is 6.92 Å². The van der Waals surface area contributed by atoms with Gasteiger partial charge in [0, 0.05) is 32.0 Å². The lowest BCUT2D eigenvalue weighted by molar-refractivity contribution is -0.130. The van der Waals surface area contributed by atoms with Crippen LogP contribution in [-0.4, -0.2) is 55.6 Å². The van der Waals surface area contributed by atoms with E-state index in [4.69, 9.17) is 4.74 Å². The van der Waals surface area contributed by atoms with Crippen LogP contribution in [0.1, 0.15) is 23.9 Å². The van der Waals surface area contributed by atoms with E-state index in [1.54, 1.807) is 23.6 Å². The van der Waals surface area contributed by atoms with E-state index in [2.05, 4.69) is 15.3 Å². The number of ether oxygens (including phenoxy) is 1. The van der Waals surface area contributed by atoms with Crippen molar-refractivity contribution in [3.8, 4) is 0 Å². The Labute approximate surface area is 138 Å². The van der Waals surface area contributed by atoms with Crippen LogP contribution in [0.3, 0.4) is 0 Å². The van der Waals surface area contributed by atoms with E-state index in [0.717, 1.165) is 12.1 Å². The SMILES string of the molecule is COCc1cn([C@@H]2CCN(C(=O)Cn3cnc(C)cc3=O)C2)nn1. The maximum absolute atomic E-state index is 12.4. The minimum absolute atomic E-state index is 0.00507. The summed E-state index contributed by atoms with van der Waals surface area (Å²) in [5, 5.41) is 8.14. The summed E-state index contributed by atoms with van der Waals surface area (Å²) in [5.74, 6) is -0.0949. The van der Waals surface area contributed by atoms with Gasteiger partial charge in [-0.25, -0.2) is 9.67 Å². The highest BCUT2D eigenvalue weighted by Gasteiger charge is 2.28. The summed E-state index contributed by atoms with van der Waals surface area (Å²) < 4.78 is 8.14. The smallest absolute Gasteiger partial charge is 0.253 e. The zero-order chi connectivity index (χ0) is 17.1. The second-order valence-electron chi connectivity index (χ2n) is 5.90. The number of hydrogen-bond donors (Lipinski definition) is 0. The molecule has 9 heteroatoms. The first kappa shape index (κ1) is 16.3. The molecule has 3 rings (SSSR count). The van der Waals surface area contributed by atoms with E-state index >= 15 is 0 Å². The van der Waals surface area contributed by atoms with Crippen molar-refractivity contribution in [2.75, 3.05) is 20.2 Å². The number of hydrogen-bond acceptors (Lipinski definition) is 6. The zero-order valence-electron chi connectivity index (χ0n) is 13.8. The Morgan fingerprint density at radius 1 is 1.46 bits per heavy atom. The highest BCUT2D eigenvalue weighted by atomic mass is 16.5. The molecule has 0 N–H and O–H groups in total. The Hall–Kier alpha value is -2.55. The number of likely N-dealkylation sites (tertiary alicyclic amines) is 1. The maximum atomic E-state index is 12.4. The summed E-state index contributed by atoms with van der Waals surface area (Å²) in [6.07, 6.45) is 4.07. The highest BCUT2D eigenvalue weighted by molar-refractivity contribution is 5.76. The third-order valence-electron chi connectivity index (χ3n) is 4.06. The second kappa shape index (κ2) is 6.91. The largest absolute Gasteiger partial charge is 0.378 e. The number of carbonyl (C=O) groups excluding carboxylic acids is 1. The fraction of sp³-hybridized carbons (Fsp3) is 0.533. The fourth-order valence-corrected chi connectivity index (χ4v) is 2.77. The van der Waals surface area contributed by atoms with E-state index in [-0.39, 0.29) is 24.1 Å². The number of aryl methyl sites for hydroxylation is 1. The summed E-state index contributed by atoms with van der Waals surface area (Å²) in [6.45, 7) is 3.36. The molecule has 0 aromatic carbocycles. The van der Waals surface area contributed by atoms with Gasteiger partial charge in [0.1, 0.15) is 12.2 Å². The fourth-order valence-electron chi connectivity index (χ4n) is 2.77. The summed E-state index contributed by atoms with van der Waals surface area (Å²) >= 11 is 0.